The first-order chi connectivity index (χ1) is 13.9. The van der Waals surface area contributed by atoms with E-state index in [0.29, 0.717) is 17.4 Å². The molecule has 0 aliphatic carbocycles. The van der Waals surface area contributed by atoms with Gasteiger partial charge in [-0.1, -0.05) is 30.3 Å². The molecule has 0 radical (unpaired) electrons. The van der Waals surface area contributed by atoms with Crippen LogP contribution in [0.15, 0.2) is 68.9 Å². The average molecular weight is 541 g/mol. The molecule has 0 saturated carbocycles. The van der Waals surface area contributed by atoms with Crippen molar-refractivity contribution in [2.24, 2.45) is 4.99 Å². The van der Waals surface area contributed by atoms with Crippen LogP contribution < -0.4 is 10.6 Å². The van der Waals surface area contributed by atoms with Gasteiger partial charge < -0.3 is 15.1 Å². The van der Waals surface area contributed by atoms with Crippen molar-refractivity contribution in [2.75, 3.05) is 19.3 Å². The van der Waals surface area contributed by atoms with Gasteiger partial charge in [0.05, 0.1) is 10.9 Å². The minimum Gasteiger partial charge on any atom is -0.459 e. The van der Waals surface area contributed by atoms with Crippen molar-refractivity contribution in [3.05, 3.63) is 65.9 Å². The topological polar surface area (TPSA) is 83.7 Å². The van der Waals surface area contributed by atoms with Gasteiger partial charge in [-0.05, 0) is 50.1 Å². The Morgan fingerprint density at radius 1 is 1.13 bits per heavy atom. The zero-order valence-corrected chi connectivity index (χ0v) is 20.5. The monoisotopic (exact) mass is 541 g/mol. The van der Waals surface area contributed by atoms with Crippen molar-refractivity contribution in [1.82, 2.24) is 10.6 Å². The number of rotatable bonds is 7. The van der Waals surface area contributed by atoms with Gasteiger partial charge in [0.15, 0.2) is 15.8 Å². The first-order valence-corrected chi connectivity index (χ1v) is 11.6. The number of fused-ring (bicyclic) bond motifs is 1. The van der Waals surface area contributed by atoms with Crippen molar-refractivity contribution in [3.8, 4) is 0 Å². The number of sulfone groups is 1. The summed E-state index contributed by atoms with van der Waals surface area (Å²) in [6, 6.07) is 16.9. The molecule has 2 aromatic carbocycles. The number of nitrogens with zero attached hydrogens (tertiary/aromatic N) is 1. The second-order valence-corrected chi connectivity index (χ2v) is 9.00. The van der Waals surface area contributed by atoms with Crippen LogP contribution in [0.25, 0.3) is 11.0 Å². The molecule has 1 atom stereocenters. The molecule has 0 aliphatic rings. The minimum absolute atomic E-state index is 0. The summed E-state index contributed by atoms with van der Waals surface area (Å²) in [5.41, 5.74) is 1.91. The fourth-order valence-electron chi connectivity index (χ4n) is 3.01. The van der Waals surface area contributed by atoms with Gasteiger partial charge in [0.2, 0.25) is 0 Å². The zero-order chi connectivity index (χ0) is 20.9. The Morgan fingerprint density at radius 3 is 2.47 bits per heavy atom. The number of hydrogen-bond acceptors (Lipinski definition) is 4. The van der Waals surface area contributed by atoms with Gasteiger partial charge in [0, 0.05) is 24.7 Å². The minimum atomic E-state index is -3.17. The van der Waals surface area contributed by atoms with Crippen LogP contribution in [0.4, 0.5) is 0 Å². The molecule has 0 fully saturated rings. The van der Waals surface area contributed by atoms with Gasteiger partial charge in [0.1, 0.15) is 11.3 Å². The third-order valence-corrected chi connectivity index (χ3v) is 5.72. The summed E-state index contributed by atoms with van der Waals surface area (Å²) >= 11 is 0. The molecule has 2 N–H and O–H groups in total. The second-order valence-electron chi connectivity index (χ2n) is 6.98. The summed E-state index contributed by atoms with van der Waals surface area (Å²) in [4.78, 5) is 4.97. The van der Waals surface area contributed by atoms with Crippen LogP contribution in [0.3, 0.4) is 0 Å². The van der Waals surface area contributed by atoms with Crippen molar-refractivity contribution >= 4 is 50.7 Å². The molecular formula is C22H28IN3O3S. The van der Waals surface area contributed by atoms with E-state index in [1.165, 1.54) is 6.26 Å². The molecule has 8 heteroatoms. The Morgan fingerprint density at radius 2 is 1.83 bits per heavy atom. The fraction of sp³-hybridized carbons (Fsp3) is 0.318. The van der Waals surface area contributed by atoms with Crippen molar-refractivity contribution < 1.29 is 12.8 Å². The van der Waals surface area contributed by atoms with E-state index in [1.807, 2.05) is 56.3 Å². The van der Waals surface area contributed by atoms with E-state index < -0.39 is 9.84 Å². The molecule has 0 bridgehead atoms. The molecule has 30 heavy (non-hydrogen) atoms. The Kier molecular flexibility index (Phi) is 8.72. The summed E-state index contributed by atoms with van der Waals surface area (Å²) in [5, 5.41) is 7.71. The summed E-state index contributed by atoms with van der Waals surface area (Å²) in [7, 11) is -3.17. The van der Waals surface area contributed by atoms with Gasteiger partial charge in [-0.2, -0.15) is 0 Å². The number of hydrogen-bond donors (Lipinski definition) is 2. The predicted molar refractivity (Wildman–Crippen MR) is 132 cm³/mol. The molecule has 0 amide bonds. The standard InChI is InChI=1S/C22H27N3O3S.HI/c1-4-23-22(24-14-13-17-9-11-19(12-10-17)29(3,26)27)25-16(2)21-15-18-7-5-6-8-20(18)28-21;/h5-12,15-16H,4,13-14H2,1-3H3,(H2,23,24,25);1H. The first-order valence-electron chi connectivity index (χ1n) is 9.69. The molecule has 1 unspecified atom stereocenters. The Bertz CT molecular complexity index is 1060. The quantitative estimate of drug-likeness (QED) is 0.265. The van der Waals surface area contributed by atoms with Crippen LogP contribution in [0.5, 0.6) is 0 Å². The number of aliphatic imine (C=N–C) groups is 1. The van der Waals surface area contributed by atoms with Gasteiger partial charge in [-0.3, -0.25) is 4.99 Å². The molecule has 0 saturated heterocycles. The predicted octanol–water partition coefficient (Wildman–Crippen LogP) is 4.31. The normalized spacial score (nSPS) is 13.0. The molecule has 3 rings (SSSR count). The van der Waals surface area contributed by atoms with Crippen LogP contribution in [0.1, 0.15) is 31.2 Å². The maximum atomic E-state index is 11.6. The first kappa shape index (κ1) is 24.2. The SMILES string of the molecule is CCNC(=NCCc1ccc(S(C)(=O)=O)cc1)NC(C)c1cc2ccccc2o1.I. The van der Waals surface area contributed by atoms with Crippen LogP contribution in [0.2, 0.25) is 0 Å². The number of nitrogens with one attached hydrogen (secondary N) is 2. The van der Waals surface area contributed by atoms with E-state index in [-0.39, 0.29) is 30.0 Å². The highest BCUT2D eigenvalue weighted by Gasteiger charge is 2.13. The van der Waals surface area contributed by atoms with E-state index in [1.54, 1.807) is 12.1 Å². The molecular weight excluding hydrogens is 513 g/mol. The van der Waals surface area contributed by atoms with Crippen molar-refractivity contribution in [3.63, 3.8) is 0 Å². The number of halogens is 1. The number of furan rings is 1. The molecule has 3 aromatic rings. The Hall–Kier alpha value is -2.07. The summed E-state index contributed by atoms with van der Waals surface area (Å²) in [6.07, 6.45) is 1.93. The zero-order valence-electron chi connectivity index (χ0n) is 17.4. The maximum absolute atomic E-state index is 11.6. The molecule has 1 aromatic heterocycles. The Labute approximate surface area is 195 Å². The smallest absolute Gasteiger partial charge is 0.191 e. The summed E-state index contributed by atoms with van der Waals surface area (Å²) < 4.78 is 29.0. The third-order valence-electron chi connectivity index (χ3n) is 4.59. The highest BCUT2D eigenvalue weighted by molar-refractivity contribution is 14.0. The lowest BCUT2D eigenvalue weighted by atomic mass is 10.1. The lowest BCUT2D eigenvalue weighted by Gasteiger charge is -2.16. The molecule has 0 spiro atoms. The lowest BCUT2D eigenvalue weighted by molar-refractivity contribution is 0.488. The number of para-hydroxylation sites is 1. The van der Waals surface area contributed by atoms with E-state index in [9.17, 15) is 8.42 Å². The molecule has 162 valence electrons. The summed E-state index contributed by atoms with van der Waals surface area (Å²) in [6.45, 7) is 5.39. The summed E-state index contributed by atoms with van der Waals surface area (Å²) in [5.74, 6) is 1.57. The lowest BCUT2D eigenvalue weighted by Crippen LogP contribution is -2.38. The fourth-order valence-corrected chi connectivity index (χ4v) is 3.64. The van der Waals surface area contributed by atoms with Crippen LogP contribution in [-0.4, -0.2) is 33.7 Å². The van der Waals surface area contributed by atoms with Crippen LogP contribution in [-0.2, 0) is 16.3 Å². The van der Waals surface area contributed by atoms with Crippen molar-refractivity contribution in [1.29, 1.82) is 0 Å². The Balaban J connectivity index is 0.00000320. The highest BCUT2D eigenvalue weighted by atomic mass is 127. The van der Waals surface area contributed by atoms with E-state index in [0.717, 1.165) is 35.3 Å². The highest BCUT2D eigenvalue weighted by Crippen LogP contribution is 2.23. The van der Waals surface area contributed by atoms with E-state index in [4.69, 9.17) is 4.42 Å². The van der Waals surface area contributed by atoms with E-state index >= 15 is 0 Å². The average Bonchev–Trinajstić information content (AvgIpc) is 3.12. The van der Waals surface area contributed by atoms with Gasteiger partial charge in [0.25, 0.3) is 0 Å². The molecule has 1 heterocycles. The number of guanidine groups is 1. The maximum Gasteiger partial charge on any atom is 0.191 e. The number of benzene rings is 2. The molecule has 6 nitrogen and oxygen atoms in total. The van der Waals surface area contributed by atoms with Gasteiger partial charge in [-0.25, -0.2) is 8.42 Å². The van der Waals surface area contributed by atoms with E-state index in [2.05, 4.69) is 15.6 Å². The molecule has 0 aliphatic heterocycles. The largest absolute Gasteiger partial charge is 0.459 e. The van der Waals surface area contributed by atoms with Crippen LogP contribution >= 0.6 is 24.0 Å². The third kappa shape index (κ3) is 6.46. The second kappa shape index (κ2) is 10.8. The van der Waals surface area contributed by atoms with Gasteiger partial charge in [-0.15, -0.1) is 24.0 Å². The van der Waals surface area contributed by atoms with Crippen molar-refractivity contribution in [2.45, 2.75) is 31.2 Å². The van der Waals surface area contributed by atoms with Gasteiger partial charge >= 0.3 is 0 Å². The van der Waals surface area contributed by atoms with Crippen LogP contribution in [0, 0.1) is 0 Å².